The smallest absolute Gasteiger partial charge is 0.269 e. The normalized spacial score (nSPS) is 10.4. The fourth-order valence-corrected chi connectivity index (χ4v) is 2.54. The van der Waals surface area contributed by atoms with Crippen molar-refractivity contribution in [2.45, 2.75) is 0 Å². The van der Waals surface area contributed by atoms with Gasteiger partial charge in [-0.25, -0.2) is 4.68 Å². The number of carbonyl (C=O) groups excluding carboxylic acids is 1. The van der Waals surface area contributed by atoms with Crippen molar-refractivity contribution in [2.24, 2.45) is 0 Å². The van der Waals surface area contributed by atoms with Crippen LogP contribution in [0.1, 0.15) is 10.4 Å². The number of rotatable bonds is 4. The first-order chi connectivity index (χ1) is 10.6. The Labute approximate surface area is 129 Å². The van der Waals surface area contributed by atoms with Crippen LogP contribution in [0.4, 0.5) is 11.5 Å². The second kappa shape index (κ2) is 5.78. The number of amides is 1. The van der Waals surface area contributed by atoms with Crippen molar-refractivity contribution in [3.8, 4) is 5.69 Å². The molecule has 22 heavy (non-hydrogen) atoms. The van der Waals surface area contributed by atoms with Crippen molar-refractivity contribution in [3.05, 3.63) is 69.0 Å². The van der Waals surface area contributed by atoms with Gasteiger partial charge < -0.3 is 5.32 Å². The predicted octanol–water partition coefficient (Wildman–Crippen LogP) is 3.09. The number of aromatic nitrogens is 2. The maximum Gasteiger partial charge on any atom is 0.269 e. The highest BCUT2D eigenvalue weighted by molar-refractivity contribution is 7.08. The summed E-state index contributed by atoms with van der Waals surface area (Å²) in [5.74, 6) is 0.259. The first-order valence-electron chi connectivity index (χ1n) is 6.27. The lowest BCUT2D eigenvalue weighted by molar-refractivity contribution is -0.384. The van der Waals surface area contributed by atoms with E-state index in [0.717, 1.165) is 0 Å². The minimum absolute atomic E-state index is 0.000218. The van der Waals surface area contributed by atoms with Gasteiger partial charge in [0.05, 0.1) is 22.4 Å². The van der Waals surface area contributed by atoms with Crippen LogP contribution in [0, 0.1) is 10.1 Å². The van der Waals surface area contributed by atoms with Crippen LogP contribution in [0.25, 0.3) is 5.69 Å². The van der Waals surface area contributed by atoms with E-state index in [0.29, 0.717) is 17.1 Å². The summed E-state index contributed by atoms with van der Waals surface area (Å²) in [5.41, 5.74) is 1.19. The van der Waals surface area contributed by atoms with Gasteiger partial charge in [-0.2, -0.15) is 16.4 Å². The van der Waals surface area contributed by atoms with Gasteiger partial charge in [0.15, 0.2) is 0 Å². The topological polar surface area (TPSA) is 90.1 Å². The summed E-state index contributed by atoms with van der Waals surface area (Å²) in [4.78, 5) is 22.3. The minimum atomic E-state index is -0.466. The predicted molar refractivity (Wildman–Crippen MR) is 82.5 cm³/mol. The number of nitrogens with one attached hydrogen (secondary N) is 1. The molecule has 3 rings (SSSR count). The van der Waals surface area contributed by atoms with Gasteiger partial charge >= 0.3 is 0 Å². The second-order valence-corrected chi connectivity index (χ2v) is 5.15. The van der Waals surface area contributed by atoms with Crippen LogP contribution in [-0.4, -0.2) is 20.6 Å². The molecule has 8 heteroatoms. The molecule has 0 spiro atoms. The molecule has 3 aromatic rings. The number of benzene rings is 1. The summed E-state index contributed by atoms with van der Waals surface area (Å²) >= 11 is 1.44. The number of carbonyl (C=O) groups is 1. The van der Waals surface area contributed by atoms with Crippen LogP contribution in [0.2, 0.25) is 0 Å². The van der Waals surface area contributed by atoms with E-state index in [1.165, 1.54) is 28.2 Å². The second-order valence-electron chi connectivity index (χ2n) is 4.37. The molecular formula is C14H10N4O3S. The largest absolute Gasteiger partial charge is 0.306 e. The Hall–Kier alpha value is -3.00. The monoisotopic (exact) mass is 314 g/mol. The number of nitro groups is 1. The van der Waals surface area contributed by atoms with E-state index >= 15 is 0 Å². The van der Waals surface area contributed by atoms with Crippen LogP contribution >= 0.6 is 11.3 Å². The number of nitrogens with zero attached hydrogens (tertiary/aromatic N) is 3. The Balaban J connectivity index is 1.85. The molecule has 0 radical (unpaired) electrons. The van der Waals surface area contributed by atoms with Gasteiger partial charge in [-0.15, -0.1) is 0 Å². The molecule has 2 heterocycles. The third-order valence-electron chi connectivity index (χ3n) is 2.97. The molecule has 0 unspecified atom stereocenters. The maximum absolute atomic E-state index is 12.1. The zero-order valence-corrected chi connectivity index (χ0v) is 12.0. The van der Waals surface area contributed by atoms with Gasteiger partial charge in [-0.3, -0.25) is 14.9 Å². The summed E-state index contributed by atoms with van der Waals surface area (Å²) in [6.45, 7) is 0. The molecule has 1 N–H and O–H groups in total. The molecule has 0 saturated heterocycles. The van der Waals surface area contributed by atoms with E-state index in [1.54, 1.807) is 35.8 Å². The zero-order chi connectivity index (χ0) is 15.5. The van der Waals surface area contributed by atoms with E-state index in [4.69, 9.17) is 0 Å². The van der Waals surface area contributed by atoms with E-state index < -0.39 is 4.92 Å². The molecule has 1 amide bonds. The highest BCUT2D eigenvalue weighted by Crippen LogP contribution is 2.19. The standard InChI is InChI=1S/C14H10N4O3S/c19-14(10-6-8-22-9-10)16-13-5-7-15-17(13)11-1-3-12(4-2-11)18(20)21/h1-9H,(H,16,19). The first-order valence-corrected chi connectivity index (χ1v) is 7.22. The Kier molecular flexibility index (Phi) is 3.67. The number of hydrogen-bond acceptors (Lipinski definition) is 5. The molecule has 1 aromatic carbocycles. The van der Waals surface area contributed by atoms with Crippen LogP contribution < -0.4 is 5.32 Å². The summed E-state index contributed by atoms with van der Waals surface area (Å²) in [6.07, 6.45) is 1.55. The average molecular weight is 314 g/mol. The number of thiophene rings is 1. The zero-order valence-electron chi connectivity index (χ0n) is 11.2. The molecule has 110 valence electrons. The van der Waals surface area contributed by atoms with Crippen LogP contribution in [0.3, 0.4) is 0 Å². The van der Waals surface area contributed by atoms with E-state index in [1.807, 2.05) is 5.38 Å². The van der Waals surface area contributed by atoms with Crippen molar-refractivity contribution in [1.29, 1.82) is 0 Å². The third kappa shape index (κ3) is 2.72. The van der Waals surface area contributed by atoms with Gasteiger partial charge in [0.1, 0.15) is 5.82 Å². The fraction of sp³-hybridized carbons (Fsp3) is 0. The highest BCUT2D eigenvalue weighted by Gasteiger charge is 2.12. The van der Waals surface area contributed by atoms with Crippen molar-refractivity contribution in [1.82, 2.24) is 9.78 Å². The number of nitro benzene ring substituents is 1. The Bertz CT molecular complexity index is 809. The molecule has 7 nitrogen and oxygen atoms in total. The van der Waals surface area contributed by atoms with Gasteiger partial charge in [-0.05, 0) is 23.6 Å². The molecule has 0 bridgehead atoms. The lowest BCUT2D eigenvalue weighted by atomic mass is 10.3. The van der Waals surface area contributed by atoms with Crippen molar-refractivity contribution < 1.29 is 9.72 Å². The molecule has 0 saturated carbocycles. The van der Waals surface area contributed by atoms with Crippen LogP contribution in [0.5, 0.6) is 0 Å². The Morgan fingerprint density at radius 1 is 1.23 bits per heavy atom. The molecule has 0 aliphatic carbocycles. The summed E-state index contributed by atoms with van der Waals surface area (Å²) in [6, 6.07) is 9.32. The third-order valence-corrected chi connectivity index (χ3v) is 3.66. The number of hydrogen-bond donors (Lipinski definition) is 1. The Morgan fingerprint density at radius 3 is 2.64 bits per heavy atom. The molecule has 0 aliphatic rings. The number of non-ortho nitro benzene ring substituents is 1. The molecule has 2 aromatic heterocycles. The quantitative estimate of drug-likeness (QED) is 0.592. The van der Waals surface area contributed by atoms with E-state index in [2.05, 4.69) is 10.4 Å². The van der Waals surface area contributed by atoms with Crippen LogP contribution in [-0.2, 0) is 0 Å². The summed E-state index contributed by atoms with van der Waals surface area (Å²) < 4.78 is 1.51. The van der Waals surface area contributed by atoms with E-state index in [-0.39, 0.29) is 11.6 Å². The highest BCUT2D eigenvalue weighted by atomic mass is 32.1. The van der Waals surface area contributed by atoms with E-state index in [9.17, 15) is 14.9 Å². The van der Waals surface area contributed by atoms with Gasteiger partial charge in [-0.1, -0.05) is 0 Å². The van der Waals surface area contributed by atoms with Crippen molar-refractivity contribution >= 4 is 28.7 Å². The summed E-state index contributed by atoms with van der Waals surface area (Å²) in [5, 5.41) is 21.1. The van der Waals surface area contributed by atoms with Crippen molar-refractivity contribution in [3.63, 3.8) is 0 Å². The molecular weight excluding hydrogens is 304 g/mol. The molecule has 0 aliphatic heterocycles. The fourth-order valence-electron chi connectivity index (χ4n) is 1.90. The van der Waals surface area contributed by atoms with Gasteiger partial charge in [0.25, 0.3) is 11.6 Å². The van der Waals surface area contributed by atoms with Gasteiger partial charge in [0, 0.05) is 23.6 Å². The SMILES string of the molecule is O=C(Nc1ccnn1-c1ccc([N+](=O)[O-])cc1)c1ccsc1. The molecule has 0 fully saturated rings. The summed E-state index contributed by atoms with van der Waals surface area (Å²) in [7, 11) is 0. The minimum Gasteiger partial charge on any atom is -0.306 e. The van der Waals surface area contributed by atoms with Crippen LogP contribution in [0.15, 0.2) is 53.4 Å². The first kappa shape index (κ1) is 14.0. The Morgan fingerprint density at radius 2 is 2.00 bits per heavy atom. The van der Waals surface area contributed by atoms with Gasteiger partial charge in [0.2, 0.25) is 0 Å². The van der Waals surface area contributed by atoms with Crippen molar-refractivity contribution in [2.75, 3.05) is 5.32 Å². The maximum atomic E-state index is 12.1. The molecule has 0 atom stereocenters. The lowest BCUT2D eigenvalue weighted by Crippen LogP contribution is -2.14. The lowest BCUT2D eigenvalue weighted by Gasteiger charge is -2.08. The number of anilines is 1. The average Bonchev–Trinajstić information content (AvgIpc) is 3.18.